The Labute approximate surface area is 82.5 Å². The topological polar surface area (TPSA) is 31.4 Å². The maximum absolute atomic E-state index is 8.60. The molecule has 1 aromatic carbocycles. The van der Waals surface area contributed by atoms with Crippen molar-refractivity contribution in [2.24, 2.45) is 0 Å². The van der Waals surface area contributed by atoms with Gasteiger partial charge in [0.1, 0.15) is 5.02 Å². The van der Waals surface area contributed by atoms with Crippen LogP contribution in [0.1, 0.15) is 5.56 Å². The molecule has 0 aliphatic rings. The second-order valence-corrected chi connectivity index (χ2v) is 3.42. The van der Waals surface area contributed by atoms with E-state index in [1.165, 1.54) is 0 Å². The van der Waals surface area contributed by atoms with Crippen molar-refractivity contribution in [1.29, 1.82) is 5.39 Å². The van der Waals surface area contributed by atoms with Crippen LogP contribution in [0, 0.1) is 12.3 Å². The van der Waals surface area contributed by atoms with Gasteiger partial charge < -0.3 is 4.90 Å². The molecule has 13 heavy (non-hydrogen) atoms. The Morgan fingerprint density at radius 3 is 2.46 bits per heavy atom. The lowest BCUT2D eigenvalue weighted by atomic mass is 10.1. The third kappa shape index (κ3) is 1.73. The summed E-state index contributed by atoms with van der Waals surface area (Å²) in [6.07, 6.45) is 0. The SMILES string of the molecule is Cc1c(N(C)C)ccc([N+]#N)c1Cl. The molecule has 0 radical (unpaired) electrons. The van der Waals surface area contributed by atoms with Crippen molar-refractivity contribution in [1.82, 2.24) is 0 Å². The van der Waals surface area contributed by atoms with Crippen LogP contribution in [-0.2, 0) is 0 Å². The zero-order chi connectivity index (χ0) is 10.0. The molecular weight excluding hydrogens is 186 g/mol. The molecule has 0 N–H and O–H groups in total. The summed E-state index contributed by atoms with van der Waals surface area (Å²) in [5, 5.41) is 9.09. The van der Waals surface area contributed by atoms with Gasteiger partial charge in [0.2, 0.25) is 5.39 Å². The van der Waals surface area contributed by atoms with Crippen LogP contribution < -0.4 is 4.90 Å². The standard InChI is InChI=1S/C9H11ClN3/c1-6-8(13(2)3)5-4-7(12-11)9(6)10/h4-5H,1-3H3/q+1. The lowest BCUT2D eigenvalue weighted by molar-refractivity contribution is 1.11. The monoisotopic (exact) mass is 196 g/mol. The largest absolute Gasteiger partial charge is 0.403 e. The molecule has 68 valence electrons. The van der Waals surface area contributed by atoms with Gasteiger partial charge in [0.15, 0.2) is 4.98 Å². The zero-order valence-corrected chi connectivity index (χ0v) is 8.63. The van der Waals surface area contributed by atoms with Gasteiger partial charge in [-0.2, -0.15) is 0 Å². The van der Waals surface area contributed by atoms with E-state index in [4.69, 9.17) is 17.0 Å². The van der Waals surface area contributed by atoms with Gasteiger partial charge >= 0.3 is 5.69 Å². The molecule has 3 nitrogen and oxygen atoms in total. The van der Waals surface area contributed by atoms with Crippen molar-refractivity contribution >= 4 is 23.0 Å². The Kier molecular flexibility index (Phi) is 2.74. The first-order valence-corrected chi connectivity index (χ1v) is 4.27. The lowest BCUT2D eigenvalue weighted by Crippen LogP contribution is -2.10. The van der Waals surface area contributed by atoms with Gasteiger partial charge in [0.25, 0.3) is 0 Å². The Hall–Kier alpha value is -1.27. The van der Waals surface area contributed by atoms with Gasteiger partial charge in [0.05, 0.1) is 0 Å². The Bertz CT molecular complexity index is 366. The van der Waals surface area contributed by atoms with E-state index in [-0.39, 0.29) is 0 Å². The molecule has 0 amide bonds. The number of halogens is 1. The van der Waals surface area contributed by atoms with Crippen molar-refractivity contribution in [3.05, 3.63) is 27.7 Å². The van der Waals surface area contributed by atoms with E-state index in [0.29, 0.717) is 10.7 Å². The van der Waals surface area contributed by atoms with Crippen LogP contribution in [0.15, 0.2) is 12.1 Å². The molecule has 0 fully saturated rings. The van der Waals surface area contributed by atoms with Crippen LogP contribution in [-0.4, -0.2) is 14.1 Å². The fraction of sp³-hybridized carbons (Fsp3) is 0.333. The first-order valence-electron chi connectivity index (χ1n) is 3.89. The summed E-state index contributed by atoms with van der Waals surface area (Å²) in [6, 6.07) is 3.56. The highest BCUT2D eigenvalue weighted by molar-refractivity contribution is 6.34. The molecule has 1 rings (SSSR count). The first-order chi connectivity index (χ1) is 6.07. The van der Waals surface area contributed by atoms with E-state index in [2.05, 4.69) is 4.98 Å². The molecule has 0 aromatic heterocycles. The smallest absolute Gasteiger partial charge is 0.377 e. The molecular formula is C9H11ClN3+. The Morgan fingerprint density at radius 2 is 2.00 bits per heavy atom. The zero-order valence-electron chi connectivity index (χ0n) is 7.87. The highest BCUT2D eigenvalue weighted by Crippen LogP contribution is 2.33. The molecule has 0 unspecified atom stereocenters. The average molecular weight is 197 g/mol. The number of nitrogens with zero attached hydrogens (tertiary/aromatic N) is 3. The first kappa shape index (κ1) is 9.82. The van der Waals surface area contributed by atoms with Crippen molar-refractivity contribution in [3.63, 3.8) is 0 Å². The van der Waals surface area contributed by atoms with Gasteiger partial charge in [-0.25, -0.2) is 0 Å². The third-order valence-corrected chi connectivity index (χ3v) is 2.40. The van der Waals surface area contributed by atoms with E-state index in [0.717, 1.165) is 11.3 Å². The molecule has 0 atom stereocenters. The van der Waals surface area contributed by atoms with Gasteiger partial charge in [-0.3, -0.25) is 0 Å². The molecule has 1 aromatic rings. The molecule has 0 aliphatic heterocycles. The molecule has 0 spiro atoms. The van der Waals surface area contributed by atoms with Crippen LogP contribution in [0.25, 0.3) is 4.98 Å². The van der Waals surface area contributed by atoms with E-state index in [9.17, 15) is 0 Å². The molecule has 0 saturated carbocycles. The number of hydrogen-bond acceptors (Lipinski definition) is 2. The summed E-state index contributed by atoms with van der Waals surface area (Å²) in [5.74, 6) is 0. The van der Waals surface area contributed by atoms with Gasteiger partial charge in [-0.1, -0.05) is 11.6 Å². The van der Waals surface area contributed by atoms with Crippen LogP contribution in [0.5, 0.6) is 0 Å². The summed E-state index contributed by atoms with van der Waals surface area (Å²) in [7, 11) is 3.88. The van der Waals surface area contributed by atoms with Gasteiger partial charge in [-0.15, -0.1) is 0 Å². The maximum Gasteiger partial charge on any atom is 0.403 e. The predicted octanol–water partition coefficient (Wildman–Crippen LogP) is 3.20. The average Bonchev–Trinajstić information content (AvgIpc) is 2.09. The highest BCUT2D eigenvalue weighted by Gasteiger charge is 2.16. The van der Waals surface area contributed by atoms with Crippen molar-refractivity contribution in [2.75, 3.05) is 19.0 Å². The van der Waals surface area contributed by atoms with Gasteiger partial charge in [0, 0.05) is 25.8 Å². The minimum absolute atomic E-state index is 0.407. The Balaban J connectivity index is 3.33. The second-order valence-electron chi connectivity index (χ2n) is 3.04. The number of diazo groups is 1. The summed E-state index contributed by atoms with van der Waals surface area (Å²) in [4.78, 5) is 5.04. The summed E-state index contributed by atoms with van der Waals surface area (Å²) in [5.41, 5.74) is 2.35. The molecule has 4 heteroatoms. The normalized spacial score (nSPS) is 9.46. The number of anilines is 1. The lowest BCUT2D eigenvalue weighted by Gasteiger charge is -2.14. The van der Waals surface area contributed by atoms with Crippen LogP contribution in [0.3, 0.4) is 0 Å². The van der Waals surface area contributed by atoms with Crippen LogP contribution in [0.2, 0.25) is 5.02 Å². The summed E-state index contributed by atoms with van der Waals surface area (Å²) >= 11 is 5.96. The second kappa shape index (κ2) is 3.63. The maximum atomic E-state index is 8.60. The summed E-state index contributed by atoms with van der Waals surface area (Å²) in [6.45, 7) is 1.90. The Morgan fingerprint density at radius 1 is 1.38 bits per heavy atom. The fourth-order valence-electron chi connectivity index (χ4n) is 1.22. The van der Waals surface area contributed by atoms with Crippen molar-refractivity contribution < 1.29 is 0 Å². The predicted molar refractivity (Wildman–Crippen MR) is 55.3 cm³/mol. The van der Waals surface area contributed by atoms with E-state index < -0.39 is 0 Å². The number of rotatable bonds is 1. The minimum Gasteiger partial charge on any atom is -0.377 e. The van der Waals surface area contributed by atoms with E-state index in [1.54, 1.807) is 6.07 Å². The minimum atomic E-state index is 0.407. The summed E-state index contributed by atoms with van der Waals surface area (Å²) < 4.78 is 0. The van der Waals surface area contributed by atoms with Crippen LogP contribution >= 0.6 is 11.6 Å². The number of benzene rings is 1. The third-order valence-electron chi connectivity index (χ3n) is 1.93. The van der Waals surface area contributed by atoms with E-state index in [1.807, 2.05) is 32.0 Å². The molecule has 0 heterocycles. The van der Waals surface area contributed by atoms with Gasteiger partial charge in [-0.05, 0) is 18.6 Å². The van der Waals surface area contributed by atoms with Crippen LogP contribution in [0.4, 0.5) is 11.4 Å². The quantitative estimate of drug-likeness (QED) is 0.646. The molecule has 0 saturated heterocycles. The van der Waals surface area contributed by atoms with Crippen molar-refractivity contribution in [3.8, 4) is 0 Å². The van der Waals surface area contributed by atoms with E-state index >= 15 is 0 Å². The van der Waals surface area contributed by atoms with Crippen molar-refractivity contribution in [2.45, 2.75) is 6.92 Å². The molecule has 0 aliphatic carbocycles. The highest BCUT2D eigenvalue weighted by atomic mass is 35.5. The number of hydrogen-bond donors (Lipinski definition) is 0. The molecule has 0 bridgehead atoms. The fourth-order valence-corrected chi connectivity index (χ4v) is 1.42.